The zero-order valence-corrected chi connectivity index (χ0v) is 8.63. The van der Waals surface area contributed by atoms with E-state index < -0.39 is 0 Å². The summed E-state index contributed by atoms with van der Waals surface area (Å²) in [7, 11) is 0. The molecule has 2 heterocycles. The van der Waals surface area contributed by atoms with Gasteiger partial charge in [0.15, 0.2) is 11.6 Å². The van der Waals surface area contributed by atoms with Crippen LogP contribution in [0.2, 0.25) is 0 Å². The van der Waals surface area contributed by atoms with Gasteiger partial charge in [-0.1, -0.05) is 0 Å². The fraction of sp³-hybridized carbons (Fsp3) is 0.600. The summed E-state index contributed by atoms with van der Waals surface area (Å²) in [6.07, 6.45) is 5.21. The average Bonchev–Trinajstić information content (AvgIpc) is 2.68. The van der Waals surface area contributed by atoms with Gasteiger partial charge in [-0.25, -0.2) is 9.97 Å². The van der Waals surface area contributed by atoms with Crippen molar-refractivity contribution >= 4 is 11.6 Å². The molecule has 5 heteroatoms. The number of nitrogens with two attached hydrogens (primary N) is 1. The van der Waals surface area contributed by atoms with Crippen molar-refractivity contribution in [2.45, 2.75) is 12.8 Å². The van der Waals surface area contributed by atoms with Crippen LogP contribution in [0.3, 0.4) is 0 Å². The molecule has 82 valence electrons. The molecule has 1 aliphatic heterocycles. The third-order valence-electron chi connectivity index (χ3n) is 2.83. The van der Waals surface area contributed by atoms with Gasteiger partial charge in [0.2, 0.25) is 0 Å². The zero-order chi connectivity index (χ0) is 10.7. The number of aliphatic hydroxyl groups is 1. The van der Waals surface area contributed by atoms with E-state index in [1.807, 2.05) is 0 Å². The van der Waals surface area contributed by atoms with E-state index in [2.05, 4.69) is 14.9 Å². The van der Waals surface area contributed by atoms with Crippen LogP contribution in [0.25, 0.3) is 0 Å². The number of rotatable bonds is 3. The Balaban J connectivity index is 2.04. The van der Waals surface area contributed by atoms with Crippen LogP contribution in [0.1, 0.15) is 12.8 Å². The number of hydrogen-bond donors (Lipinski definition) is 2. The summed E-state index contributed by atoms with van der Waals surface area (Å²) in [5.41, 5.74) is 5.76. The Bertz CT molecular complexity index is 331. The lowest BCUT2D eigenvalue weighted by Gasteiger charge is -2.17. The molecule has 3 N–H and O–H groups in total. The molecule has 1 aliphatic rings. The smallest absolute Gasteiger partial charge is 0.171 e. The van der Waals surface area contributed by atoms with Crippen LogP contribution in [-0.2, 0) is 0 Å². The van der Waals surface area contributed by atoms with E-state index in [1.54, 1.807) is 12.4 Å². The third-order valence-corrected chi connectivity index (χ3v) is 2.83. The molecule has 1 atom stereocenters. The lowest BCUT2D eigenvalue weighted by Crippen LogP contribution is -2.22. The van der Waals surface area contributed by atoms with Crippen molar-refractivity contribution in [1.82, 2.24) is 9.97 Å². The Labute approximate surface area is 88.9 Å². The van der Waals surface area contributed by atoms with E-state index >= 15 is 0 Å². The van der Waals surface area contributed by atoms with E-state index in [4.69, 9.17) is 10.8 Å². The summed E-state index contributed by atoms with van der Waals surface area (Å²) in [4.78, 5) is 10.4. The lowest BCUT2D eigenvalue weighted by molar-refractivity contribution is 0.263. The third kappa shape index (κ3) is 2.18. The average molecular weight is 208 g/mol. The van der Waals surface area contributed by atoms with Crippen molar-refractivity contribution in [3.8, 4) is 0 Å². The second-order valence-electron chi connectivity index (χ2n) is 3.88. The molecule has 0 spiro atoms. The maximum Gasteiger partial charge on any atom is 0.171 e. The van der Waals surface area contributed by atoms with Gasteiger partial charge in [0, 0.05) is 32.1 Å². The van der Waals surface area contributed by atoms with E-state index in [-0.39, 0.29) is 6.61 Å². The Hall–Kier alpha value is -1.36. The van der Waals surface area contributed by atoms with Crippen LogP contribution < -0.4 is 10.6 Å². The highest BCUT2D eigenvalue weighted by Crippen LogP contribution is 2.26. The summed E-state index contributed by atoms with van der Waals surface area (Å²) < 4.78 is 0. The first-order chi connectivity index (χ1) is 7.31. The standard InChI is InChI=1S/C10H16N4O/c11-9-10(13-4-3-12-9)14-5-1-8(7-14)2-6-15/h3-4,8,15H,1-2,5-7H2,(H2,11,12). The Morgan fingerprint density at radius 2 is 2.27 bits per heavy atom. The minimum atomic E-state index is 0.258. The molecule has 0 aliphatic carbocycles. The van der Waals surface area contributed by atoms with Crippen LogP contribution in [-0.4, -0.2) is 34.8 Å². The minimum Gasteiger partial charge on any atom is -0.396 e. The maximum absolute atomic E-state index is 8.87. The van der Waals surface area contributed by atoms with Crippen molar-refractivity contribution in [3.05, 3.63) is 12.4 Å². The van der Waals surface area contributed by atoms with Crippen LogP contribution in [0, 0.1) is 5.92 Å². The molecule has 1 aromatic rings. The fourth-order valence-electron chi connectivity index (χ4n) is 2.03. The predicted octanol–water partition coefficient (Wildman–Crippen LogP) is 0.267. The van der Waals surface area contributed by atoms with Crippen molar-refractivity contribution in [1.29, 1.82) is 0 Å². The van der Waals surface area contributed by atoms with Crippen LogP contribution in [0.4, 0.5) is 11.6 Å². The largest absolute Gasteiger partial charge is 0.396 e. The molecule has 0 saturated carbocycles. The second kappa shape index (κ2) is 4.44. The topological polar surface area (TPSA) is 75.3 Å². The van der Waals surface area contributed by atoms with Crippen molar-refractivity contribution < 1.29 is 5.11 Å². The van der Waals surface area contributed by atoms with Crippen molar-refractivity contribution in [3.63, 3.8) is 0 Å². The first-order valence-corrected chi connectivity index (χ1v) is 5.23. The van der Waals surface area contributed by atoms with Gasteiger partial charge in [0.05, 0.1) is 0 Å². The molecule has 5 nitrogen and oxygen atoms in total. The highest BCUT2D eigenvalue weighted by atomic mass is 16.3. The molecular formula is C10H16N4O. The molecule has 15 heavy (non-hydrogen) atoms. The van der Waals surface area contributed by atoms with Crippen LogP contribution in [0.15, 0.2) is 12.4 Å². The molecule has 2 rings (SSSR count). The highest BCUT2D eigenvalue weighted by molar-refractivity contribution is 5.57. The van der Waals surface area contributed by atoms with Gasteiger partial charge in [-0.15, -0.1) is 0 Å². The van der Waals surface area contributed by atoms with E-state index in [1.165, 1.54) is 0 Å². The molecule has 1 saturated heterocycles. The number of anilines is 2. The normalized spacial score (nSPS) is 20.9. The molecule has 0 bridgehead atoms. The molecule has 0 aromatic carbocycles. The number of nitrogen functional groups attached to an aromatic ring is 1. The van der Waals surface area contributed by atoms with Gasteiger partial charge < -0.3 is 15.7 Å². The summed E-state index contributed by atoms with van der Waals surface area (Å²) >= 11 is 0. The minimum absolute atomic E-state index is 0.258. The van der Waals surface area contributed by atoms with Crippen LogP contribution >= 0.6 is 0 Å². The molecular weight excluding hydrogens is 192 g/mol. The Morgan fingerprint density at radius 1 is 1.47 bits per heavy atom. The SMILES string of the molecule is Nc1nccnc1N1CCC(CCO)C1. The predicted molar refractivity (Wildman–Crippen MR) is 58.5 cm³/mol. The summed E-state index contributed by atoms with van der Waals surface area (Å²) in [6.45, 7) is 2.13. The van der Waals surface area contributed by atoms with Crippen molar-refractivity contribution in [2.75, 3.05) is 30.3 Å². The van der Waals surface area contributed by atoms with Crippen LogP contribution in [0.5, 0.6) is 0 Å². The number of aliphatic hydroxyl groups excluding tert-OH is 1. The molecule has 1 aromatic heterocycles. The number of aromatic nitrogens is 2. The maximum atomic E-state index is 8.87. The summed E-state index contributed by atoms with van der Waals surface area (Å²) in [6, 6.07) is 0. The molecule has 1 fully saturated rings. The first kappa shape index (κ1) is 10.2. The molecule has 0 amide bonds. The Morgan fingerprint density at radius 3 is 3.00 bits per heavy atom. The Kier molecular flexibility index (Phi) is 3.01. The van der Waals surface area contributed by atoms with Gasteiger partial charge in [-0.2, -0.15) is 0 Å². The quantitative estimate of drug-likeness (QED) is 0.745. The van der Waals surface area contributed by atoms with Gasteiger partial charge in [-0.05, 0) is 18.8 Å². The second-order valence-corrected chi connectivity index (χ2v) is 3.88. The van der Waals surface area contributed by atoms with Gasteiger partial charge in [0.25, 0.3) is 0 Å². The molecule has 1 unspecified atom stereocenters. The van der Waals surface area contributed by atoms with Gasteiger partial charge >= 0.3 is 0 Å². The lowest BCUT2D eigenvalue weighted by atomic mass is 10.1. The summed E-state index contributed by atoms with van der Waals surface area (Å²) in [5.74, 6) is 1.82. The van der Waals surface area contributed by atoms with E-state index in [9.17, 15) is 0 Å². The number of hydrogen-bond acceptors (Lipinski definition) is 5. The monoisotopic (exact) mass is 208 g/mol. The number of nitrogens with zero attached hydrogens (tertiary/aromatic N) is 3. The van der Waals surface area contributed by atoms with E-state index in [0.717, 1.165) is 31.7 Å². The molecule has 0 radical (unpaired) electrons. The zero-order valence-electron chi connectivity index (χ0n) is 8.63. The van der Waals surface area contributed by atoms with E-state index in [0.29, 0.717) is 11.7 Å². The fourth-order valence-corrected chi connectivity index (χ4v) is 2.03. The van der Waals surface area contributed by atoms with Gasteiger partial charge in [-0.3, -0.25) is 0 Å². The first-order valence-electron chi connectivity index (χ1n) is 5.23. The highest BCUT2D eigenvalue weighted by Gasteiger charge is 2.24. The van der Waals surface area contributed by atoms with Crippen molar-refractivity contribution in [2.24, 2.45) is 5.92 Å². The van der Waals surface area contributed by atoms with Gasteiger partial charge in [0.1, 0.15) is 0 Å². The summed E-state index contributed by atoms with van der Waals surface area (Å²) in [5, 5.41) is 8.87.